The van der Waals surface area contributed by atoms with Crippen LogP contribution in [0.4, 0.5) is 0 Å². The number of alkyl halides is 1. The second kappa shape index (κ2) is 3.45. The molecule has 0 aromatic carbocycles. The molecular weight excluding hydrogens is 213 g/mol. The lowest BCUT2D eigenvalue weighted by molar-refractivity contribution is 0.749. The lowest BCUT2D eigenvalue weighted by Gasteiger charge is -2.01. The Balaban J connectivity index is 2.30. The summed E-state index contributed by atoms with van der Waals surface area (Å²) in [6.45, 7) is 2.22. The van der Waals surface area contributed by atoms with Crippen molar-refractivity contribution in [1.82, 2.24) is 5.32 Å². The molecule has 0 amide bonds. The maximum atomic E-state index is 3.30. The molecule has 0 aromatic rings. The van der Waals surface area contributed by atoms with Crippen LogP contribution in [0, 0.1) is 0 Å². The molecule has 0 saturated carbocycles. The third-order valence-corrected chi connectivity index (χ3v) is 2.14. The van der Waals surface area contributed by atoms with E-state index in [2.05, 4.69) is 40.1 Å². The number of halogens is 1. The molecule has 0 radical (unpaired) electrons. The van der Waals surface area contributed by atoms with Gasteiger partial charge in [0, 0.05) is 17.0 Å². The van der Waals surface area contributed by atoms with Crippen LogP contribution in [0.3, 0.4) is 0 Å². The average molecular weight is 223 g/mol. The SMILES string of the molecule is IC1CC=CCNC1. The van der Waals surface area contributed by atoms with Gasteiger partial charge >= 0.3 is 0 Å². The van der Waals surface area contributed by atoms with E-state index in [1.54, 1.807) is 0 Å². The van der Waals surface area contributed by atoms with Crippen molar-refractivity contribution < 1.29 is 0 Å². The number of hydrogen-bond donors (Lipinski definition) is 1. The fourth-order valence-corrected chi connectivity index (χ4v) is 1.34. The van der Waals surface area contributed by atoms with Crippen LogP contribution < -0.4 is 5.32 Å². The fraction of sp³-hybridized carbons (Fsp3) is 0.667. The Labute approximate surface area is 63.7 Å². The van der Waals surface area contributed by atoms with E-state index in [0.29, 0.717) is 0 Å². The van der Waals surface area contributed by atoms with Crippen molar-refractivity contribution in [2.24, 2.45) is 0 Å². The molecule has 0 aliphatic carbocycles. The zero-order valence-corrected chi connectivity index (χ0v) is 6.89. The summed E-state index contributed by atoms with van der Waals surface area (Å²) in [5, 5.41) is 3.30. The topological polar surface area (TPSA) is 12.0 Å². The molecule has 0 aromatic heterocycles. The molecule has 1 aliphatic rings. The highest BCUT2D eigenvalue weighted by atomic mass is 127. The minimum absolute atomic E-state index is 0.798. The predicted octanol–water partition coefficient (Wildman–Crippen LogP) is 1.34. The Morgan fingerprint density at radius 1 is 1.50 bits per heavy atom. The quantitative estimate of drug-likeness (QED) is 0.371. The van der Waals surface area contributed by atoms with Gasteiger partial charge in [0.25, 0.3) is 0 Å². The molecule has 0 saturated heterocycles. The van der Waals surface area contributed by atoms with E-state index >= 15 is 0 Å². The summed E-state index contributed by atoms with van der Waals surface area (Å²) in [6, 6.07) is 0. The maximum absolute atomic E-state index is 3.30. The van der Waals surface area contributed by atoms with Crippen molar-refractivity contribution in [2.45, 2.75) is 10.3 Å². The van der Waals surface area contributed by atoms with E-state index in [0.717, 1.165) is 17.0 Å². The van der Waals surface area contributed by atoms with Gasteiger partial charge in [0.15, 0.2) is 0 Å². The van der Waals surface area contributed by atoms with Gasteiger partial charge in [0.1, 0.15) is 0 Å². The minimum atomic E-state index is 0.798. The molecule has 1 nitrogen and oxygen atoms in total. The Bertz CT molecular complexity index is 90.5. The van der Waals surface area contributed by atoms with E-state index in [1.807, 2.05) is 0 Å². The zero-order chi connectivity index (χ0) is 5.82. The summed E-state index contributed by atoms with van der Waals surface area (Å²) in [5.41, 5.74) is 0. The number of allylic oxidation sites excluding steroid dienone is 1. The van der Waals surface area contributed by atoms with Gasteiger partial charge in [-0.2, -0.15) is 0 Å². The summed E-state index contributed by atoms with van der Waals surface area (Å²) < 4.78 is 0.798. The molecular formula is C6H10IN. The normalized spacial score (nSPS) is 29.9. The van der Waals surface area contributed by atoms with E-state index in [1.165, 1.54) is 6.42 Å². The monoisotopic (exact) mass is 223 g/mol. The number of rotatable bonds is 0. The lowest BCUT2D eigenvalue weighted by Crippen LogP contribution is -2.20. The summed E-state index contributed by atoms with van der Waals surface area (Å²) in [4.78, 5) is 0. The number of hydrogen-bond acceptors (Lipinski definition) is 1. The highest BCUT2D eigenvalue weighted by Crippen LogP contribution is 2.06. The molecule has 8 heavy (non-hydrogen) atoms. The molecule has 1 unspecified atom stereocenters. The summed E-state index contributed by atoms with van der Waals surface area (Å²) >= 11 is 2.47. The second-order valence-corrected chi connectivity index (χ2v) is 3.72. The van der Waals surface area contributed by atoms with Crippen LogP contribution in [0.5, 0.6) is 0 Å². The first kappa shape index (κ1) is 6.55. The van der Waals surface area contributed by atoms with Crippen molar-refractivity contribution in [3.05, 3.63) is 12.2 Å². The molecule has 1 N–H and O–H groups in total. The van der Waals surface area contributed by atoms with Crippen molar-refractivity contribution in [1.29, 1.82) is 0 Å². The van der Waals surface area contributed by atoms with Crippen LogP contribution in [0.2, 0.25) is 0 Å². The Kier molecular flexibility index (Phi) is 2.83. The fourth-order valence-electron chi connectivity index (χ4n) is 0.734. The smallest absolute Gasteiger partial charge is 0.0269 e. The van der Waals surface area contributed by atoms with Crippen LogP contribution in [0.15, 0.2) is 12.2 Å². The van der Waals surface area contributed by atoms with E-state index in [-0.39, 0.29) is 0 Å². The summed E-state index contributed by atoms with van der Waals surface area (Å²) in [5.74, 6) is 0. The van der Waals surface area contributed by atoms with Crippen LogP contribution in [-0.4, -0.2) is 17.0 Å². The molecule has 0 fully saturated rings. The van der Waals surface area contributed by atoms with E-state index in [4.69, 9.17) is 0 Å². The first-order valence-corrected chi connectivity index (χ1v) is 4.14. The Morgan fingerprint density at radius 3 is 3.25 bits per heavy atom. The van der Waals surface area contributed by atoms with Crippen LogP contribution in [0.25, 0.3) is 0 Å². The van der Waals surface area contributed by atoms with Gasteiger partial charge in [-0.15, -0.1) is 0 Å². The van der Waals surface area contributed by atoms with Gasteiger partial charge in [-0.3, -0.25) is 0 Å². The largest absolute Gasteiger partial charge is 0.312 e. The van der Waals surface area contributed by atoms with Gasteiger partial charge < -0.3 is 5.32 Å². The van der Waals surface area contributed by atoms with E-state index in [9.17, 15) is 0 Å². The first-order valence-electron chi connectivity index (χ1n) is 2.89. The van der Waals surface area contributed by atoms with Crippen molar-refractivity contribution in [3.8, 4) is 0 Å². The molecule has 2 heteroatoms. The predicted molar refractivity (Wildman–Crippen MR) is 44.4 cm³/mol. The lowest BCUT2D eigenvalue weighted by atomic mass is 10.3. The molecule has 0 spiro atoms. The Hall–Kier alpha value is 0.430. The second-order valence-electron chi connectivity index (χ2n) is 1.96. The third kappa shape index (κ3) is 2.13. The van der Waals surface area contributed by atoms with Crippen LogP contribution >= 0.6 is 22.6 Å². The average Bonchev–Trinajstić information content (AvgIpc) is 1.94. The van der Waals surface area contributed by atoms with Gasteiger partial charge in [-0.1, -0.05) is 34.7 Å². The Morgan fingerprint density at radius 2 is 2.38 bits per heavy atom. The van der Waals surface area contributed by atoms with Crippen molar-refractivity contribution in [2.75, 3.05) is 13.1 Å². The minimum Gasteiger partial charge on any atom is -0.312 e. The highest BCUT2D eigenvalue weighted by Gasteiger charge is 2.01. The maximum Gasteiger partial charge on any atom is 0.0269 e. The van der Waals surface area contributed by atoms with Crippen LogP contribution in [0.1, 0.15) is 6.42 Å². The molecule has 1 heterocycles. The van der Waals surface area contributed by atoms with E-state index < -0.39 is 0 Å². The van der Waals surface area contributed by atoms with Crippen molar-refractivity contribution in [3.63, 3.8) is 0 Å². The summed E-state index contributed by atoms with van der Waals surface area (Å²) in [7, 11) is 0. The van der Waals surface area contributed by atoms with Gasteiger partial charge in [0.2, 0.25) is 0 Å². The molecule has 1 rings (SSSR count). The molecule has 1 atom stereocenters. The van der Waals surface area contributed by atoms with Crippen molar-refractivity contribution >= 4 is 22.6 Å². The van der Waals surface area contributed by atoms with Crippen LogP contribution in [-0.2, 0) is 0 Å². The molecule has 46 valence electrons. The van der Waals surface area contributed by atoms with Gasteiger partial charge in [-0.05, 0) is 6.42 Å². The standard InChI is InChI=1S/C6H10IN/c7-6-3-1-2-4-8-5-6/h1-2,6,8H,3-5H2. The molecule has 0 bridgehead atoms. The first-order chi connectivity index (χ1) is 3.89. The van der Waals surface area contributed by atoms with Gasteiger partial charge in [0.05, 0.1) is 0 Å². The summed E-state index contributed by atoms with van der Waals surface area (Å²) in [6.07, 6.45) is 5.67. The van der Waals surface area contributed by atoms with Gasteiger partial charge in [-0.25, -0.2) is 0 Å². The molecule has 1 aliphatic heterocycles. The highest BCUT2D eigenvalue weighted by molar-refractivity contribution is 14.1. The zero-order valence-electron chi connectivity index (χ0n) is 4.73. The third-order valence-electron chi connectivity index (χ3n) is 1.19. The number of nitrogens with one attached hydrogen (secondary N) is 1.